The summed E-state index contributed by atoms with van der Waals surface area (Å²) < 4.78 is 41.4. The molecule has 1 aliphatic carbocycles. The number of hydrogen-bond donors (Lipinski definition) is 2. The molecule has 0 bridgehead atoms. The average molecular weight is 871 g/mol. The van der Waals surface area contributed by atoms with Gasteiger partial charge in [0.05, 0.1) is 28.2 Å². The van der Waals surface area contributed by atoms with E-state index in [-0.39, 0.29) is 33.2 Å². The summed E-state index contributed by atoms with van der Waals surface area (Å²) in [6.45, 7) is 9.09. The van der Waals surface area contributed by atoms with E-state index in [9.17, 15) is 23.3 Å². The number of pyridine rings is 1. The van der Waals surface area contributed by atoms with Crippen LogP contribution in [0.5, 0.6) is 11.5 Å². The molecule has 3 aliphatic rings. The van der Waals surface area contributed by atoms with Crippen molar-refractivity contribution < 1.29 is 27.6 Å². The zero-order valence-corrected chi connectivity index (χ0v) is 36.1. The van der Waals surface area contributed by atoms with Gasteiger partial charge >= 0.3 is 0 Å². The molecule has 2 N–H and O–H groups in total. The number of halogens is 1. The minimum Gasteiger partial charge on any atom is -0.455 e. The molecule has 2 aliphatic heterocycles. The minimum absolute atomic E-state index is 0.0266. The molecule has 1 saturated heterocycles. The number of fused-ring (bicyclic) bond motifs is 2. The number of aromatic amines is 1. The van der Waals surface area contributed by atoms with Crippen molar-refractivity contribution in [2.24, 2.45) is 11.3 Å². The Labute approximate surface area is 358 Å². The second kappa shape index (κ2) is 17.2. The molecule has 0 spiro atoms. The van der Waals surface area contributed by atoms with E-state index in [4.69, 9.17) is 21.1 Å². The number of amides is 1. The van der Waals surface area contributed by atoms with Crippen molar-refractivity contribution in [3.05, 3.63) is 117 Å². The Morgan fingerprint density at radius 3 is 2.62 bits per heavy atom. The van der Waals surface area contributed by atoms with Crippen molar-refractivity contribution in [1.82, 2.24) is 19.6 Å². The number of anilines is 1. The molecule has 60 heavy (non-hydrogen) atoms. The summed E-state index contributed by atoms with van der Waals surface area (Å²) in [5.74, 6) is 0.216. The van der Waals surface area contributed by atoms with Gasteiger partial charge in [-0.25, -0.2) is 18.1 Å². The fourth-order valence-corrected chi connectivity index (χ4v) is 10.8. The molecule has 1 atom stereocenters. The third-order valence-electron chi connectivity index (χ3n) is 11.6. The number of ether oxygens (including phenoxy) is 2. The molecule has 1 fully saturated rings. The lowest BCUT2D eigenvalue weighted by Crippen LogP contribution is -2.47. The third kappa shape index (κ3) is 9.20. The predicted octanol–water partition coefficient (Wildman–Crippen LogP) is 8.73. The maximum absolute atomic E-state index is 14.0. The van der Waals surface area contributed by atoms with Crippen LogP contribution >= 0.6 is 23.4 Å². The van der Waals surface area contributed by atoms with Crippen molar-refractivity contribution in [2.45, 2.75) is 49.3 Å². The molecule has 8 rings (SSSR count). The predicted molar refractivity (Wildman–Crippen MR) is 235 cm³/mol. The van der Waals surface area contributed by atoms with Crippen molar-refractivity contribution in [2.75, 3.05) is 57.1 Å². The largest absolute Gasteiger partial charge is 0.455 e. The lowest BCUT2D eigenvalue weighted by Gasteiger charge is -2.39. The SMILES string of the molecule is COC[C@@H]1CSc2cc(S(=O)(=O)NC(=O)c3ccc(N4CCN(CC5=C(c6ccc(Cl)cc6)CC(C)(C)CC5)CC4)cc3Oc3cnc4[nH]ccc4c3)cc([N+](=O)[O-])c2C1. The smallest absolute Gasteiger partial charge is 0.275 e. The monoisotopic (exact) mass is 870 g/mol. The standard InChI is InChI=1S/C44H47ClN6O7S2/c1-44(2)12-10-31(38(23-44)29-4-6-32(45)7-5-29)25-49-14-16-50(17-15-49)33-8-9-36(40(20-33)58-34-19-30-11-13-46-42(30)47-24-34)43(52)48-60(55,56)35-21-39(51(53)54)37-18-28(26-57-3)27-59-41(37)22-35/h4-9,11,13,19-22,24,28H,10,12,14-18,23,25-27H2,1-3H3,(H,46,47)(H,48,52)/t28-/m1/s1. The molecular formula is C44H47ClN6O7S2. The molecule has 0 radical (unpaired) electrons. The van der Waals surface area contributed by atoms with Crippen LogP contribution in [0.1, 0.15) is 54.6 Å². The molecule has 1 amide bonds. The first kappa shape index (κ1) is 41.8. The molecule has 13 nitrogen and oxygen atoms in total. The second-order valence-electron chi connectivity index (χ2n) is 16.5. The second-order valence-corrected chi connectivity index (χ2v) is 19.7. The minimum atomic E-state index is -4.55. The number of hydrogen-bond acceptors (Lipinski definition) is 11. The van der Waals surface area contributed by atoms with Gasteiger partial charge in [-0.1, -0.05) is 43.2 Å². The summed E-state index contributed by atoms with van der Waals surface area (Å²) in [5.41, 5.74) is 5.94. The Kier molecular flexibility index (Phi) is 12.0. The summed E-state index contributed by atoms with van der Waals surface area (Å²) in [6, 6.07) is 19.3. The number of allylic oxidation sites excluding steroid dienone is 1. The van der Waals surface area contributed by atoms with E-state index in [1.165, 1.54) is 40.7 Å². The van der Waals surface area contributed by atoms with Crippen LogP contribution in [0.2, 0.25) is 5.02 Å². The van der Waals surface area contributed by atoms with E-state index < -0.39 is 20.9 Å². The number of methoxy groups -OCH3 is 1. The van der Waals surface area contributed by atoms with Gasteiger partial charge in [0, 0.05) is 90.5 Å². The number of carbonyl (C=O) groups excluding carboxylic acids is 1. The Hall–Kier alpha value is -4.93. The van der Waals surface area contributed by atoms with Crippen LogP contribution in [0, 0.1) is 21.4 Å². The van der Waals surface area contributed by atoms with Crippen molar-refractivity contribution >= 4 is 67.3 Å². The van der Waals surface area contributed by atoms with Crippen LogP contribution in [0.25, 0.3) is 16.6 Å². The summed E-state index contributed by atoms with van der Waals surface area (Å²) >= 11 is 7.58. The quantitative estimate of drug-likeness (QED) is 0.0912. The van der Waals surface area contributed by atoms with Gasteiger partial charge in [0.1, 0.15) is 17.1 Å². The highest BCUT2D eigenvalue weighted by Crippen LogP contribution is 2.44. The maximum Gasteiger partial charge on any atom is 0.275 e. The number of piperazine rings is 1. The van der Waals surface area contributed by atoms with Crippen molar-refractivity contribution in [3.63, 3.8) is 0 Å². The Morgan fingerprint density at radius 2 is 1.87 bits per heavy atom. The van der Waals surface area contributed by atoms with Crippen LogP contribution in [0.3, 0.4) is 0 Å². The van der Waals surface area contributed by atoms with Gasteiger partial charge in [-0.2, -0.15) is 0 Å². The Morgan fingerprint density at radius 1 is 1.08 bits per heavy atom. The highest BCUT2D eigenvalue weighted by molar-refractivity contribution is 7.99. The summed E-state index contributed by atoms with van der Waals surface area (Å²) in [5, 5.41) is 13.7. The molecule has 314 valence electrons. The Balaban J connectivity index is 1.03. The number of nitrogens with zero attached hydrogens (tertiary/aromatic N) is 4. The summed E-state index contributed by atoms with van der Waals surface area (Å²) in [7, 11) is -2.98. The van der Waals surface area contributed by atoms with Gasteiger partial charge in [-0.15, -0.1) is 11.8 Å². The first-order chi connectivity index (χ1) is 28.7. The molecule has 2 aromatic heterocycles. The van der Waals surface area contributed by atoms with Gasteiger partial charge < -0.3 is 19.4 Å². The van der Waals surface area contributed by atoms with E-state index in [1.807, 2.05) is 18.2 Å². The first-order valence-corrected chi connectivity index (χ1v) is 22.8. The fraction of sp³-hybridized carbons (Fsp3) is 0.364. The van der Waals surface area contributed by atoms with E-state index in [2.05, 4.69) is 50.5 Å². The highest BCUT2D eigenvalue weighted by atomic mass is 35.5. The third-order valence-corrected chi connectivity index (χ3v) is 14.5. The number of H-pyrrole nitrogens is 1. The number of thioether (sulfide) groups is 1. The van der Waals surface area contributed by atoms with Crippen molar-refractivity contribution in [3.8, 4) is 11.5 Å². The van der Waals surface area contributed by atoms with Gasteiger partial charge in [-0.3, -0.25) is 19.8 Å². The van der Waals surface area contributed by atoms with Crippen LogP contribution < -0.4 is 14.4 Å². The van der Waals surface area contributed by atoms with Gasteiger partial charge in [0.15, 0.2) is 0 Å². The summed E-state index contributed by atoms with van der Waals surface area (Å²) in [6.07, 6.45) is 6.87. The lowest BCUT2D eigenvalue weighted by atomic mass is 9.72. The molecule has 4 heterocycles. The zero-order valence-electron chi connectivity index (χ0n) is 33.7. The molecule has 16 heteroatoms. The molecule has 3 aromatic carbocycles. The van der Waals surface area contributed by atoms with Crippen molar-refractivity contribution in [1.29, 1.82) is 0 Å². The average Bonchev–Trinajstić information content (AvgIpc) is 3.70. The number of sulfonamides is 1. The number of carbonyl (C=O) groups is 1. The van der Waals surface area contributed by atoms with Gasteiger partial charge in [0.2, 0.25) is 0 Å². The Bertz CT molecular complexity index is 2590. The number of nitrogens with one attached hydrogen (secondary N) is 2. The van der Waals surface area contributed by atoms with E-state index >= 15 is 0 Å². The maximum atomic E-state index is 14.0. The number of aromatic nitrogens is 2. The van der Waals surface area contributed by atoms with Crippen LogP contribution in [0.4, 0.5) is 11.4 Å². The number of nitro groups is 1. The number of benzene rings is 3. The van der Waals surface area contributed by atoms with E-state index in [1.54, 1.807) is 37.6 Å². The zero-order chi connectivity index (χ0) is 42.2. The lowest BCUT2D eigenvalue weighted by molar-refractivity contribution is -0.386. The van der Waals surface area contributed by atoms with Crippen LogP contribution in [0.15, 0.2) is 94.5 Å². The molecule has 5 aromatic rings. The normalized spacial score (nSPS) is 18.3. The fourth-order valence-electron chi connectivity index (χ4n) is 8.37. The van der Waals surface area contributed by atoms with E-state index in [0.717, 1.165) is 74.1 Å². The number of nitro benzene ring substituents is 1. The van der Waals surface area contributed by atoms with Gasteiger partial charge in [0.25, 0.3) is 21.6 Å². The summed E-state index contributed by atoms with van der Waals surface area (Å²) in [4.78, 5) is 37.9. The van der Waals surface area contributed by atoms with E-state index in [0.29, 0.717) is 40.6 Å². The van der Waals surface area contributed by atoms with Gasteiger partial charge in [-0.05, 0) is 90.6 Å². The first-order valence-electron chi connectivity index (χ1n) is 19.9. The highest BCUT2D eigenvalue weighted by Gasteiger charge is 2.33. The molecule has 0 unspecified atom stereocenters. The molecular weight excluding hydrogens is 824 g/mol. The number of rotatable bonds is 12. The molecule has 0 saturated carbocycles. The van der Waals surface area contributed by atoms with Crippen LogP contribution in [-0.2, 0) is 21.2 Å². The topological polar surface area (TPSA) is 160 Å². The van der Waals surface area contributed by atoms with Crippen LogP contribution in [-0.4, -0.2) is 86.3 Å².